The highest BCUT2D eigenvalue weighted by molar-refractivity contribution is 8.00. The Morgan fingerprint density at radius 1 is 1.24 bits per heavy atom. The van der Waals surface area contributed by atoms with Crippen LogP contribution in [0.1, 0.15) is 46.0 Å². The number of rotatable bonds is 7. The maximum atomic E-state index is 12.9. The van der Waals surface area contributed by atoms with Crippen LogP contribution < -0.4 is 0 Å². The minimum absolute atomic E-state index is 0.169. The molecule has 3 aromatic rings. The largest absolute Gasteiger partial charge is 0.462 e. The van der Waals surface area contributed by atoms with Crippen molar-refractivity contribution in [3.8, 4) is 11.5 Å². The lowest BCUT2D eigenvalue weighted by Gasteiger charge is -2.07. The fourth-order valence-electron chi connectivity index (χ4n) is 2.88. The smallest absolute Gasteiger partial charge is 0.340 e. The van der Waals surface area contributed by atoms with Crippen molar-refractivity contribution in [1.82, 2.24) is 15.2 Å². The first-order valence-electron chi connectivity index (χ1n) is 8.98. The van der Waals surface area contributed by atoms with Gasteiger partial charge in [-0.15, -0.1) is 10.2 Å². The van der Waals surface area contributed by atoms with Crippen LogP contribution in [0.25, 0.3) is 11.5 Å². The Hall–Kier alpha value is -2.58. The molecule has 3 rings (SSSR count). The maximum absolute atomic E-state index is 12.9. The number of hydrogen-bond donors (Lipinski definition) is 1. The van der Waals surface area contributed by atoms with E-state index in [-0.39, 0.29) is 17.6 Å². The van der Waals surface area contributed by atoms with Gasteiger partial charge in [0.25, 0.3) is 5.22 Å². The van der Waals surface area contributed by atoms with Crippen molar-refractivity contribution < 1.29 is 18.7 Å². The average molecular weight is 434 g/mol. The number of carbonyl (C=O) groups is 2. The predicted octanol–water partition coefficient (Wildman–Crippen LogP) is 4.88. The molecule has 1 unspecified atom stereocenters. The van der Waals surface area contributed by atoms with Crippen molar-refractivity contribution in [3.63, 3.8) is 0 Å². The summed E-state index contributed by atoms with van der Waals surface area (Å²) in [5.41, 5.74) is 2.69. The van der Waals surface area contributed by atoms with Crippen LogP contribution in [0.15, 0.2) is 33.9 Å². The van der Waals surface area contributed by atoms with Crippen LogP contribution >= 0.6 is 23.4 Å². The molecule has 1 aromatic carbocycles. The van der Waals surface area contributed by atoms with E-state index in [0.717, 1.165) is 17.3 Å². The monoisotopic (exact) mass is 433 g/mol. The Labute approximate surface area is 177 Å². The lowest BCUT2D eigenvalue weighted by molar-refractivity contribution is 0.0525. The summed E-state index contributed by atoms with van der Waals surface area (Å²) in [5.74, 6) is -0.264. The molecule has 0 saturated heterocycles. The number of halogens is 1. The molecular weight excluding hydrogens is 414 g/mol. The number of aromatic amines is 1. The third-order valence-electron chi connectivity index (χ3n) is 4.31. The molecule has 152 valence electrons. The Balaban J connectivity index is 1.75. The Bertz CT molecular complexity index is 1040. The van der Waals surface area contributed by atoms with Gasteiger partial charge in [0.05, 0.1) is 23.1 Å². The first kappa shape index (κ1) is 21.1. The van der Waals surface area contributed by atoms with E-state index in [1.807, 2.05) is 0 Å². The minimum atomic E-state index is -0.500. The summed E-state index contributed by atoms with van der Waals surface area (Å²) in [7, 11) is 0. The highest BCUT2D eigenvalue weighted by Crippen LogP contribution is 2.29. The van der Waals surface area contributed by atoms with Crippen molar-refractivity contribution in [2.75, 3.05) is 6.61 Å². The number of aryl methyl sites for hydroxylation is 1. The second kappa shape index (κ2) is 8.84. The number of esters is 1. The molecule has 0 aliphatic heterocycles. The maximum Gasteiger partial charge on any atom is 0.340 e. The molecule has 2 heterocycles. The van der Waals surface area contributed by atoms with Crippen molar-refractivity contribution in [2.45, 2.75) is 38.2 Å². The van der Waals surface area contributed by atoms with E-state index in [9.17, 15) is 9.59 Å². The van der Waals surface area contributed by atoms with Crippen LogP contribution in [0.4, 0.5) is 0 Å². The number of thioether (sulfide) groups is 1. The number of hydrogen-bond acceptors (Lipinski definition) is 7. The molecule has 0 spiro atoms. The van der Waals surface area contributed by atoms with Crippen LogP contribution in [0.3, 0.4) is 0 Å². The molecule has 2 aromatic heterocycles. The molecule has 0 amide bonds. The predicted molar refractivity (Wildman–Crippen MR) is 111 cm³/mol. The number of carbonyl (C=O) groups excluding carboxylic acids is 2. The minimum Gasteiger partial charge on any atom is -0.462 e. The molecular formula is C20H20ClN3O4S. The average Bonchev–Trinajstić information content (AvgIpc) is 3.26. The number of ether oxygens (including phenoxy) is 1. The third kappa shape index (κ3) is 4.54. The van der Waals surface area contributed by atoms with Gasteiger partial charge >= 0.3 is 5.97 Å². The second-order valence-electron chi connectivity index (χ2n) is 6.35. The number of benzene rings is 1. The van der Waals surface area contributed by atoms with E-state index < -0.39 is 11.2 Å². The Kier molecular flexibility index (Phi) is 6.44. The van der Waals surface area contributed by atoms with Gasteiger partial charge in [0.15, 0.2) is 5.78 Å². The van der Waals surface area contributed by atoms with E-state index in [2.05, 4.69) is 15.2 Å². The van der Waals surface area contributed by atoms with Gasteiger partial charge in [-0.2, -0.15) is 0 Å². The standard InChI is InChI=1S/C20H20ClN3O4S/c1-5-27-19(26)15-10(2)16(22-11(15)3)17(25)12(4)29-20-24-23-18(28-20)13-6-8-14(21)9-7-13/h6-9,12,22H,5H2,1-4H3. The molecule has 7 nitrogen and oxygen atoms in total. The fraction of sp³-hybridized carbons (Fsp3) is 0.300. The molecule has 0 aliphatic rings. The van der Waals surface area contributed by atoms with Crippen molar-refractivity contribution in [3.05, 3.63) is 51.8 Å². The SMILES string of the molecule is CCOC(=O)c1c(C)[nH]c(C(=O)C(C)Sc2nnc(-c3ccc(Cl)cc3)o2)c1C. The van der Waals surface area contributed by atoms with Gasteiger partial charge in [-0.3, -0.25) is 4.79 Å². The van der Waals surface area contributed by atoms with Gasteiger partial charge in [0.1, 0.15) is 0 Å². The highest BCUT2D eigenvalue weighted by atomic mass is 35.5. The van der Waals surface area contributed by atoms with Gasteiger partial charge in [-0.1, -0.05) is 23.4 Å². The molecule has 1 N–H and O–H groups in total. The number of aromatic nitrogens is 3. The summed E-state index contributed by atoms with van der Waals surface area (Å²) < 4.78 is 10.7. The number of ketones is 1. The summed E-state index contributed by atoms with van der Waals surface area (Å²) in [5, 5.41) is 8.42. The number of Topliss-reactive ketones (excluding diaryl/α,β-unsaturated/α-hetero) is 1. The van der Waals surface area contributed by atoms with Crippen LogP contribution in [0, 0.1) is 13.8 Å². The number of H-pyrrole nitrogens is 1. The van der Waals surface area contributed by atoms with Crippen molar-refractivity contribution >= 4 is 35.1 Å². The summed E-state index contributed by atoms with van der Waals surface area (Å²) >= 11 is 7.04. The van der Waals surface area contributed by atoms with Crippen LogP contribution in [-0.4, -0.2) is 38.8 Å². The van der Waals surface area contributed by atoms with Crippen LogP contribution in [0.5, 0.6) is 0 Å². The molecule has 0 bridgehead atoms. The molecule has 0 aliphatic carbocycles. The quantitative estimate of drug-likeness (QED) is 0.322. The lowest BCUT2D eigenvalue weighted by atomic mass is 10.1. The molecule has 29 heavy (non-hydrogen) atoms. The normalized spacial score (nSPS) is 12.0. The van der Waals surface area contributed by atoms with E-state index >= 15 is 0 Å². The molecule has 9 heteroatoms. The summed E-state index contributed by atoms with van der Waals surface area (Å²) in [4.78, 5) is 28.1. The molecule has 0 fully saturated rings. The lowest BCUT2D eigenvalue weighted by Crippen LogP contribution is -2.15. The third-order valence-corrected chi connectivity index (χ3v) is 5.49. The van der Waals surface area contributed by atoms with E-state index in [0.29, 0.717) is 33.4 Å². The second-order valence-corrected chi connectivity index (χ2v) is 8.08. The zero-order valence-electron chi connectivity index (χ0n) is 16.4. The van der Waals surface area contributed by atoms with Gasteiger partial charge in [-0.25, -0.2) is 4.79 Å². The topological polar surface area (TPSA) is 98.1 Å². The van der Waals surface area contributed by atoms with Gasteiger partial charge in [-0.05, 0) is 57.5 Å². The van der Waals surface area contributed by atoms with Gasteiger partial charge in [0.2, 0.25) is 5.89 Å². The Morgan fingerprint density at radius 2 is 1.93 bits per heavy atom. The zero-order valence-corrected chi connectivity index (χ0v) is 18.0. The summed E-state index contributed by atoms with van der Waals surface area (Å²) in [6, 6.07) is 7.02. The first-order chi connectivity index (χ1) is 13.8. The van der Waals surface area contributed by atoms with Crippen LogP contribution in [-0.2, 0) is 4.74 Å². The fourth-order valence-corrected chi connectivity index (χ4v) is 3.75. The summed E-state index contributed by atoms with van der Waals surface area (Å²) in [6.45, 7) is 7.23. The first-order valence-corrected chi connectivity index (χ1v) is 10.2. The zero-order chi connectivity index (χ0) is 21.1. The van der Waals surface area contributed by atoms with E-state index in [4.69, 9.17) is 20.8 Å². The number of nitrogens with zero attached hydrogens (tertiary/aromatic N) is 2. The van der Waals surface area contributed by atoms with Gasteiger partial charge in [0, 0.05) is 16.3 Å². The van der Waals surface area contributed by atoms with Gasteiger partial charge < -0.3 is 14.1 Å². The molecule has 0 radical (unpaired) electrons. The molecule has 0 saturated carbocycles. The summed E-state index contributed by atoms with van der Waals surface area (Å²) in [6.07, 6.45) is 0. The van der Waals surface area contributed by atoms with Crippen molar-refractivity contribution in [2.24, 2.45) is 0 Å². The van der Waals surface area contributed by atoms with Crippen molar-refractivity contribution in [1.29, 1.82) is 0 Å². The molecule has 1 atom stereocenters. The van der Waals surface area contributed by atoms with Crippen LogP contribution in [0.2, 0.25) is 5.02 Å². The number of nitrogens with one attached hydrogen (secondary N) is 1. The Morgan fingerprint density at radius 3 is 2.59 bits per heavy atom. The highest BCUT2D eigenvalue weighted by Gasteiger charge is 2.27. The van der Waals surface area contributed by atoms with E-state index in [1.54, 1.807) is 52.0 Å². The van der Waals surface area contributed by atoms with E-state index in [1.165, 1.54) is 0 Å².